The van der Waals surface area contributed by atoms with Crippen molar-refractivity contribution >= 4 is 5.97 Å². The van der Waals surface area contributed by atoms with E-state index >= 15 is 0 Å². The van der Waals surface area contributed by atoms with Crippen LogP contribution in [0.5, 0.6) is 5.75 Å². The number of halogens is 1. The van der Waals surface area contributed by atoms with Crippen molar-refractivity contribution in [3.63, 3.8) is 0 Å². The second-order valence-electron chi connectivity index (χ2n) is 3.65. The Kier molecular flexibility index (Phi) is 4.90. The Labute approximate surface area is 99.5 Å². The van der Waals surface area contributed by atoms with Crippen molar-refractivity contribution in [1.82, 2.24) is 0 Å². The van der Waals surface area contributed by atoms with E-state index in [0.29, 0.717) is 11.3 Å². The quantitative estimate of drug-likeness (QED) is 0.798. The Bertz CT molecular complexity index is 393. The van der Waals surface area contributed by atoms with Gasteiger partial charge in [0, 0.05) is 17.7 Å². The van der Waals surface area contributed by atoms with Gasteiger partial charge < -0.3 is 15.2 Å². The summed E-state index contributed by atoms with van der Waals surface area (Å²) in [5, 5.41) is 0. The molecule has 17 heavy (non-hydrogen) atoms. The Hall–Kier alpha value is -1.62. The summed E-state index contributed by atoms with van der Waals surface area (Å²) in [6.45, 7) is 1.91. The zero-order chi connectivity index (χ0) is 12.8. The molecule has 0 saturated heterocycles. The van der Waals surface area contributed by atoms with Gasteiger partial charge in [-0.2, -0.15) is 0 Å². The first kappa shape index (κ1) is 13.4. The minimum atomic E-state index is -0.400. The minimum Gasteiger partial charge on any atom is -0.493 e. The molecule has 0 amide bonds. The third kappa shape index (κ3) is 4.03. The molecule has 0 aromatic heterocycles. The highest BCUT2D eigenvalue weighted by atomic mass is 19.1. The molecule has 0 bridgehead atoms. The molecule has 0 fully saturated rings. The lowest BCUT2D eigenvalue weighted by Crippen LogP contribution is -2.11. The van der Waals surface area contributed by atoms with E-state index < -0.39 is 5.82 Å². The number of nitrogens with two attached hydrogens (primary N) is 1. The summed E-state index contributed by atoms with van der Waals surface area (Å²) in [4.78, 5) is 10.9. The van der Waals surface area contributed by atoms with Gasteiger partial charge in [-0.15, -0.1) is 0 Å². The molecule has 94 valence electrons. The summed E-state index contributed by atoms with van der Waals surface area (Å²) in [6.07, 6.45) is 0.116. The molecule has 0 spiro atoms. The molecule has 0 aliphatic carbocycles. The summed E-state index contributed by atoms with van der Waals surface area (Å²) < 4.78 is 22.9. The summed E-state index contributed by atoms with van der Waals surface area (Å²) in [5.41, 5.74) is 6.43. The van der Waals surface area contributed by atoms with Crippen LogP contribution in [0.3, 0.4) is 0 Å². The number of carbonyl (C=O) groups is 1. The molecule has 1 atom stereocenters. The lowest BCUT2D eigenvalue weighted by molar-refractivity contribution is -0.141. The molecule has 0 aliphatic heterocycles. The van der Waals surface area contributed by atoms with Crippen LogP contribution in [0.25, 0.3) is 0 Å². The second kappa shape index (κ2) is 6.20. The van der Waals surface area contributed by atoms with E-state index in [1.807, 2.05) is 0 Å². The average Bonchev–Trinajstić information content (AvgIpc) is 2.28. The van der Waals surface area contributed by atoms with Gasteiger partial charge in [0.05, 0.1) is 20.1 Å². The first-order valence-electron chi connectivity index (χ1n) is 5.29. The molecule has 1 aromatic rings. The number of benzene rings is 1. The second-order valence-corrected chi connectivity index (χ2v) is 3.65. The lowest BCUT2D eigenvalue weighted by Gasteiger charge is -2.13. The van der Waals surface area contributed by atoms with Crippen LogP contribution in [0.1, 0.15) is 24.9 Å². The average molecular weight is 241 g/mol. The van der Waals surface area contributed by atoms with Crippen LogP contribution < -0.4 is 10.5 Å². The SMILES string of the molecule is COC(=O)CCOc1cc(F)ccc1C(C)N. The molecule has 5 heteroatoms. The Morgan fingerprint density at radius 3 is 2.82 bits per heavy atom. The molecule has 0 radical (unpaired) electrons. The largest absolute Gasteiger partial charge is 0.493 e. The molecule has 1 rings (SSSR count). The van der Waals surface area contributed by atoms with Gasteiger partial charge in [0.15, 0.2) is 0 Å². The number of methoxy groups -OCH3 is 1. The lowest BCUT2D eigenvalue weighted by atomic mass is 10.1. The van der Waals surface area contributed by atoms with Crippen LogP contribution in [-0.2, 0) is 9.53 Å². The van der Waals surface area contributed by atoms with E-state index in [1.165, 1.54) is 19.2 Å². The Morgan fingerprint density at radius 1 is 1.53 bits per heavy atom. The van der Waals surface area contributed by atoms with Crippen molar-refractivity contribution in [2.75, 3.05) is 13.7 Å². The van der Waals surface area contributed by atoms with Gasteiger partial charge in [-0.1, -0.05) is 6.07 Å². The highest BCUT2D eigenvalue weighted by Crippen LogP contribution is 2.24. The molecule has 4 nitrogen and oxygen atoms in total. The number of rotatable bonds is 5. The number of hydrogen-bond acceptors (Lipinski definition) is 4. The van der Waals surface area contributed by atoms with Crippen LogP contribution >= 0.6 is 0 Å². The zero-order valence-corrected chi connectivity index (χ0v) is 9.90. The summed E-state index contributed by atoms with van der Waals surface area (Å²) in [6, 6.07) is 3.90. The smallest absolute Gasteiger partial charge is 0.308 e. The monoisotopic (exact) mass is 241 g/mol. The van der Waals surface area contributed by atoms with Crippen molar-refractivity contribution in [2.24, 2.45) is 5.73 Å². The fraction of sp³-hybridized carbons (Fsp3) is 0.417. The molecule has 0 heterocycles. The van der Waals surface area contributed by atoms with E-state index in [4.69, 9.17) is 10.5 Å². The first-order valence-corrected chi connectivity index (χ1v) is 5.29. The third-order valence-electron chi connectivity index (χ3n) is 2.26. The molecule has 2 N–H and O–H groups in total. The molecular formula is C12H16FNO3. The van der Waals surface area contributed by atoms with E-state index in [0.717, 1.165) is 0 Å². The van der Waals surface area contributed by atoms with Gasteiger partial charge in [-0.25, -0.2) is 4.39 Å². The number of ether oxygens (including phenoxy) is 2. The molecule has 1 unspecified atom stereocenters. The maximum Gasteiger partial charge on any atom is 0.308 e. The summed E-state index contributed by atoms with van der Waals surface area (Å²) in [5.74, 6) is -0.407. The Morgan fingerprint density at radius 2 is 2.24 bits per heavy atom. The van der Waals surface area contributed by atoms with Gasteiger partial charge in [-0.3, -0.25) is 4.79 Å². The highest BCUT2D eigenvalue weighted by molar-refractivity contribution is 5.69. The van der Waals surface area contributed by atoms with Crippen LogP contribution in [0.2, 0.25) is 0 Å². The predicted molar refractivity (Wildman–Crippen MR) is 61.1 cm³/mol. The van der Waals surface area contributed by atoms with Gasteiger partial charge in [-0.05, 0) is 13.0 Å². The molecule has 1 aromatic carbocycles. The number of esters is 1. The Balaban J connectivity index is 2.68. The van der Waals surface area contributed by atoms with Crippen LogP contribution in [0.15, 0.2) is 18.2 Å². The van der Waals surface area contributed by atoms with Gasteiger partial charge in [0.1, 0.15) is 11.6 Å². The van der Waals surface area contributed by atoms with Gasteiger partial charge in [0.2, 0.25) is 0 Å². The molecular weight excluding hydrogens is 225 g/mol. The number of hydrogen-bond donors (Lipinski definition) is 1. The maximum atomic E-state index is 13.1. The van der Waals surface area contributed by atoms with E-state index in [-0.39, 0.29) is 25.0 Å². The molecule has 0 aliphatic rings. The number of carbonyl (C=O) groups excluding carboxylic acids is 1. The summed E-state index contributed by atoms with van der Waals surface area (Å²) in [7, 11) is 1.30. The van der Waals surface area contributed by atoms with Crippen molar-refractivity contribution in [1.29, 1.82) is 0 Å². The van der Waals surface area contributed by atoms with Crippen molar-refractivity contribution < 1.29 is 18.7 Å². The van der Waals surface area contributed by atoms with Crippen LogP contribution in [0.4, 0.5) is 4.39 Å². The minimum absolute atomic E-state index is 0.116. The standard InChI is InChI=1S/C12H16FNO3/c1-8(14)10-4-3-9(13)7-11(10)17-6-5-12(15)16-2/h3-4,7-8H,5-6,14H2,1-2H3. The highest BCUT2D eigenvalue weighted by Gasteiger charge is 2.10. The van der Waals surface area contributed by atoms with Crippen molar-refractivity contribution in [3.05, 3.63) is 29.6 Å². The summed E-state index contributed by atoms with van der Waals surface area (Å²) >= 11 is 0. The fourth-order valence-corrected chi connectivity index (χ4v) is 1.36. The first-order chi connectivity index (χ1) is 8.04. The van der Waals surface area contributed by atoms with Gasteiger partial charge >= 0.3 is 5.97 Å². The zero-order valence-electron chi connectivity index (χ0n) is 9.90. The van der Waals surface area contributed by atoms with E-state index in [1.54, 1.807) is 13.0 Å². The maximum absolute atomic E-state index is 13.1. The van der Waals surface area contributed by atoms with Crippen molar-refractivity contribution in [3.8, 4) is 5.75 Å². The van der Waals surface area contributed by atoms with Crippen molar-refractivity contribution in [2.45, 2.75) is 19.4 Å². The topological polar surface area (TPSA) is 61.5 Å². The predicted octanol–water partition coefficient (Wildman–Crippen LogP) is 1.79. The third-order valence-corrected chi connectivity index (χ3v) is 2.26. The van der Waals surface area contributed by atoms with E-state index in [9.17, 15) is 9.18 Å². The van der Waals surface area contributed by atoms with E-state index in [2.05, 4.69) is 4.74 Å². The van der Waals surface area contributed by atoms with Crippen LogP contribution in [0, 0.1) is 5.82 Å². The van der Waals surface area contributed by atoms with Gasteiger partial charge in [0.25, 0.3) is 0 Å². The normalized spacial score (nSPS) is 12.0. The fourth-order valence-electron chi connectivity index (χ4n) is 1.36. The molecule has 0 saturated carbocycles. The van der Waals surface area contributed by atoms with Crippen LogP contribution in [-0.4, -0.2) is 19.7 Å².